The Hall–Kier alpha value is -2.10. The first-order valence-electron chi connectivity index (χ1n) is 4.91. The molecule has 1 aromatic carbocycles. The molecule has 2 rings (SSSR count). The van der Waals surface area contributed by atoms with Crippen molar-refractivity contribution in [3.63, 3.8) is 0 Å². The van der Waals surface area contributed by atoms with E-state index >= 15 is 0 Å². The Labute approximate surface area is 92.9 Å². The number of hydrogen-bond acceptors (Lipinski definition) is 3. The van der Waals surface area contributed by atoms with E-state index in [9.17, 15) is 4.79 Å². The second-order valence-electron chi connectivity index (χ2n) is 3.44. The highest BCUT2D eigenvalue weighted by molar-refractivity contribution is 5.63. The number of aromatic nitrogens is 2. The Bertz CT molecular complexity index is 561. The SMILES string of the molecule is COc1cccc(-c2nc[nH]c(=O)c2C)c1. The molecule has 0 spiro atoms. The van der Waals surface area contributed by atoms with Crippen molar-refractivity contribution in [1.82, 2.24) is 9.97 Å². The lowest BCUT2D eigenvalue weighted by atomic mass is 10.1. The minimum atomic E-state index is -0.118. The Morgan fingerprint density at radius 2 is 2.19 bits per heavy atom. The van der Waals surface area contributed by atoms with E-state index in [4.69, 9.17) is 4.74 Å². The Morgan fingerprint density at radius 1 is 1.38 bits per heavy atom. The zero-order valence-corrected chi connectivity index (χ0v) is 9.15. The summed E-state index contributed by atoms with van der Waals surface area (Å²) in [5.74, 6) is 0.749. The topological polar surface area (TPSA) is 55.0 Å². The third-order valence-corrected chi connectivity index (χ3v) is 2.43. The van der Waals surface area contributed by atoms with Crippen LogP contribution in [-0.2, 0) is 0 Å². The predicted octanol–water partition coefficient (Wildman–Crippen LogP) is 1.75. The van der Waals surface area contributed by atoms with E-state index in [0.29, 0.717) is 11.3 Å². The van der Waals surface area contributed by atoms with E-state index < -0.39 is 0 Å². The number of rotatable bonds is 2. The third kappa shape index (κ3) is 1.82. The maximum Gasteiger partial charge on any atom is 0.254 e. The van der Waals surface area contributed by atoms with Crippen LogP contribution in [0.4, 0.5) is 0 Å². The normalized spacial score (nSPS) is 10.1. The summed E-state index contributed by atoms with van der Waals surface area (Å²) in [5, 5.41) is 0. The van der Waals surface area contributed by atoms with Crippen molar-refractivity contribution < 1.29 is 4.74 Å². The average molecular weight is 216 g/mol. The monoisotopic (exact) mass is 216 g/mol. The molecule has 1 N–H and O–H groups in total. The van der Waals surface area contributed by atoms with Gasteiger partial charge < -0.3 is 9.72 Å². The quantitative estimate of drug-likeness (QED) is 0.832. The molecule has 0 fully saturated rings. The molecule has 0 saturated heterocycles. The highest BCUT2D eigenvalue weighted by Crippen LogP contribution is 2.22. The van der Waals surface area contributed by atoms with Crippen molar-refractivity contribution in [1.29, 1.82) is 0 Å². The fourth-order valence-electron chi connectivity index (χ4n) is 1.53. The molecule has 82 valence electrons. The van der Waals surface area contributed by atoms with E-state index in [-0.39, 0.29) is 5.56 Å². The van der Waals surface area contributed by atoms with Crippen LogP contribution in [0.5, 0.6) is 5.75 Å². The minimum Gasteiger partial charge on any atom is -0.497 e. The first kappa shape index (κ1) is 10.4. The molecule has 0 amide bonds. The second-order valence-corrected chi connectivity index (χ2v) is 3.44. The number of ether oxygens (including phenoxy) is 1. The molecular weight excluding hydrogens is 204 g/mol. The molecule has 0 aliphatic rings. The maximum absolute atomic E-state index is 11.4. The van der Waals surface area contributed by atoms with E-state index in [1.807, 2.05) is 24.3 Å². The molecule has 0 radical (unpaired) electrons. The molecule has 4 nitrogen and oxygen atoms in total. The van der Waals surface area contributed by atoms with Crippen LogP contribution < -0.4 is 10.3 Å². The maximum atomic E-state index is 11.4. The lowest BCUT2D eigenvalue weighted by Gasteiger charge is -2.05. The van der Waals surface area contributed by atoms with Gasteiger partial charge >= 0.3 is 0 Å². The van der Waals surface area contributed by atoms with Crippen molar-refractivity contribution in [3.8, 4) is 17.0 Å². The molecule has 0 saturated carbocycles. The van der Waals surface area contributed by atoms with Gasteiger partial charge in [0.05, 0.1) is 19.1 Å². The molecule has 1 aromatic heterocycles. The lowest BCUT2D eigenvalue weighted by Crippen LogP contribution is -2.11. The zero-order chi connectivity index (χ0) is 11.5. The number of nitrogens with one attached hydrogen (secondary N) is 1. The summed E-state index contributed by atoms with van der Waals surface area (Å²) >= 11 is 0. The highest BCUT2D eigenvalue weighted by Gasteiger charge is 2.06. The number of aromatic amines is 1. The third-order valence-electron chi connectivity index (χ3n) is 2.43. The van der Waals surface area contributed by atoms with Gasteiger partial charge in [-0.25, -0.2) is 4.98 Å². The number of methoxy groups -OCH3 is 1. The molecule has 2 aromatic rings. The van der Waals surface area contributed by atoms with Crippen molar-refractivity contribution in [2.75, 3.05) is 7.11 Å². The largest absolute Gasteiger partial charge is 0.497 e. The number of nitrogens with zero attached hydrogens (tertiary/aromatic N) is 1. The van der Waals surface area contributed by atoms with Gasteiger partial charge in [-0.3, -0.25) is 4.79 Å². The standard InChI is InChI=1S/C12H12N2O2/c1-8-11(13-7-14-12(8)15)9-4-3-5-10(6-9)16-2/h3-7H,1-2H3,(H,13,14,15). The lowest BCUT2D eigenvalue weighted by molar-refractivity contribution is 0.415. The summed E-state index contributed by atoms with van der Waals surface area (Å²) in [7, 11) is 1.61. The van der Waals surface area contributed by atoms with Crippen LogP contribution in [0.2, 0.25) is 0 Å². The second kappa shape index (κ2) is 4.18. The van der Waals surface area contributed by atoms with E-state index in [1.54, 1.807) is 14.0 Å². The zero-order valence-electron chi connectivity index (χ0n) is 9.15. The fourth-order valence-corrected chi connectivity index (χ4v) is 1.53. The van der Waals surface area contributed by atoms with Gasteiger partial charge in [-0.05, 0) is 19.1 Å². The summed E-state index contributed by atoms with van der Waals surface area (Å²) in [6.45, 7) is 1.75. The first-order chi connectivity index (χ1) is 7.72. The molecule has 1 heterocycles. The van der Waals surface area contributed by atoms with Gasteiger partial charge in [0.2, 0.25) is 0 Å². The predicted molar refractivity (Wildman–Crippen MR) is 61.6 cm³/mol. The van der Waals surface area contributed by atoms with Crippen LogP contribution in [-0.4, -0.2) is 17.1 Å². The van der Waals surface area contributed by atoms with Crippen molar-refractivity contribution in [2.45, 2.75) is 6.92 Å². The summed E-state index contributed by atoms with van der Waals surface area (Å²) in [6, 6.07) is 7.48. The molecular formula is C12H12N2O2. The molecule has 0 aliphatic carbocycles. The van der Waals surface area contributed by atoms with Crippen LogP contribution in [0.15, 0.2) is 35.4 Å². The summed E-state index contributed by atoms with van der Waals surface area (Å²) in [4.78, 5) is 18.2. The van der Waals surface area contributed by atoms with Crippen LogP contribution >= 0.6 is 0 Å². The van der Waals surface area contributed by atoms with Crippen molar-refractivity contribution >= 4 is 0 Å². The Balaban J connectivity index is 2.58. The van der Waals surface area contributed by atoms with Gasteiger partial charge in [0.15, 0.2) is 0 Å². The summed E-state index contributed by atoms with van der Waals surface area (Å²) < 4.78 is 5.13. The number of benzene rings is 1. The number of H-pyrrole nitrogens is 1. The Kier molecular flexibility index (Phi) is 2.72. The van der Waals surface area contributed by atoms with E-state index in [0.717, 1.165) is 11.3 Å². The van der Waals surface area contributed by atoms with Gasteiger partial charge in [0.25, 0.3) is 5.56 Å². The van der Waals surface area contributed by atoms with E-state index in [2.05, 4.69) is 9.97 Å². The van der Waals surface area contributed by atoms with E-state index in [1.165, 1.54) is 6.33 Å². The van der Waals surface area contributed by atoms with Crippen LogP contribution in [0.3, 0.4) is 0 Å². The van der Waals surface area contributed by atoms with Gasteiger partial charge in [0, 0.05) is 11.1 Å². The average Bonchev–Trinajstić information content (AvgIpc) is 2.33. The van der Waals surface area contributed by atoms with Gasteiger partial charge in [-0.1, -0.05) is 12.1 Å². The Morgan fingerprint density at radius 3 is 2.94 bits per heavy atom. The molecule has 0 aliphatic heterocycles. The summed E-state index contributed by atoms with van der Waals surface area (Å²) in [5.41, 5.74) is 2.05. The first-order valence-corrected chi connectivity index (χ1v) is 4.91. The minimum absolute atomic E-state index is 0.118. The molecule has 0 unspecified atom stereocenters. The summed E-state index contributed by atoms with van der Waals surface area (Å²) in [6.07, 6.45) is 1.41. The van der Waals surface area contributed by atoms with Gasteiger partial charge in [-0.2, -0.15) is 0 Å². The molecule has 0 bridgehead atoms. The number of hydrogen-bond donors (Lipinski definition) is 1. The highest BCUT2D eigenvalue weighted by atomic mass is 16.5. The smallest absolute Gasteiger partial charge is 0.254 e. The molecule has 4 heteroatoms. The van der Waals surface area contributed by atoms with Gasteiger partial charge in [-0.15, -0.1) is 0 Å². The molecule has 16 heavy (non-hydrogen) atoms. The van der Waals surface area contributed by atoms with Gasteiger partial charge in [0.1, 0.15) is 5.75 Å². The molecule has 0 atom stereocenters. The van der Waals surface area contributed by atoms with Crippen LogP contribution in [0, 0.1) is 6.92 Å². The fraction of sp³-hybridized carbons (Fsp3) is 0.167. The van der Waals surface area contributed by atoms with Crippen LogP contribution in [0.25, 0.3) is 11.3 Å². The van der Waals surface area contributed by atoms with Crippen molar-refractivity contribution in [2.24, 2.45) is 0 Å². The van der Waals surface area contributed by atoms with Crippen molar-refractivity contribution in [3.05, 3.63) is 46.5 Å². The van der Waals surface area contributed by atoms with Crippen LogP contribution in [0.1, 0.15) is 5.56 Å².